The van der Waals surface area contributed by atoms with Crippen LogP contribution in [0, 0.1) is 17.5 Å². The molecule has 94 valence electrons. The summed E-state index contributed by atoms with van der Waals surface area (Å²) in [6, 6.07) is 4.26. The maximum atomic E-state index is 13.4. The fraction of sp³-hybridized carbons (Fsp3) is 0.154. The van der Waals surface area contributed by atoms with Crippen LogP contribution in [0.4, 0.5) is 13.2 Å². The summed E-state index contributed by atoms with van der Waals surface area (Å²) < 4.78 is 39.6. The van der Waals surface area contributed by atoms with Crippen LogP contribution in [0.2, 0.25) is 0 Å². The lowest BCUT2D eigenvalue weighted by atomic mass is 10.1. The van der Waals surface area contributed by atoms with Crippen molar-refractivity contribution >= 4 is 17.1 Å². The molecule has 18 heavy (non-hydrogen) atoms. The van der Waals surface area contributed by atoms with E-state index < -0.39 is 28.8 Å². The molecule has 0 unspecified atom stereocenters. The molecular weight excluding hydrogens is 261 g/mol. The third-order valence-corrected chi connectivity index (χ3v) is 3.70. The van der Waals surface area contributed by atoms with Crippen LogP contribution < -0.4 is 0 Å². The monoisotopic (exact) mass is 270 g/mol. The Morgan fingerprint density at radius 3 is 2.28 bits per heavy atom. The molecule has 1 heterocycles. The summed E-state index contributed by atoms with van der Waals surface area (Å²) in [5, 5.41) is 0. The second kappa shape index (κ2) is 4.94. The molecule has 0 radical (unpaired) electrons. The van der Waals surface area contributed by atoms with Crippen molar-refractivity contribution in [3.63, 3.8) is 0 Å². The van der Waals surface area contributed by atoms with E-state index in [1.165, 1.54) is 17.4 Å². The normalized spacial score (nSPS) is 10.7. The van der Waals surface area contributed by atoms with Gasteiger partial charge in [-0.15, -0.1) is 11.3 Å². The summed E-state index contributed by atoms with van der Waals surface area (Å²) in [7, 11) is 0. The van der Waals surface area contributed by atoms with Crippen LogP contribution >= 0.6 is 11.3 Å². The van der Waals surface area contributed by atoms with Crippen LogP contribution in [0.1, 0.15) is 27.0 Å². The minimum absolute atomic E-state index is 0.247. The van der Waals surface area contributed by atoms with E-state index in [0.29, 0.717) is 12.1 Å². The molecular formula is C13H9F3OS. The zero-order valence-electron chi connectivity index (χ0n) is 9.47. The summed E-state index contributed by atoms with van der Waals surface area (Å²) >= 11 is 1.18. The molecule has 0 atom stereocenters. The van der Waals surface area contributed by atoms with Crippen LogP contribution in [0.3, 0.4) is 0 Å². The summed E-state index contributed by atoms with van der Waals surface area (Å²) in [6.45, 7) is 1.92. The van der Waals surface area contributed by atoms with Gasteiger partial charge in [0, 0.05) is 17.0 Å². The minimum Gasteiger partial charge on any atom is -0.287 e. The number of thiophene rings is 1. The van der Waals surface area contributed by atoms with E-state index in [9.17, 15) is 18.0 Å². The van der Waals surface area contributed by atoms with Crippen LogP contribution in [0.5, 0.6) is 0 Å². The lowest BCUT2D eigenvalue weighted by Crippen LogP contribution is -2.06. The van der Waals surface area contributed by atoms with Gasteiger partial charge in [0.15, 0.2) is 0 Å². The highest BCUT2D eigenvalue weighted by Gasteiger charge is 2.21. The third kappa shape index (κ3) is 2.31. The molecule has 0 fully saturated rings. The van der Waals surface area contributed by atoms with Crippen molar-refractivity contribution in [2.75, 3.05) is 0 Å². The molecule has 0 aliphatic carbocycles. The fourth-order valence-electron chi connectivity index (χ4n) is 1.57. The first kappa shape index (κ1) is 12.8. The van der Waals surface area contributed by atoms with Gasteiger partial charge in [-0.05, 0) is 18.6 Å². The quantitative estimate of drug-likeness (QED) is 0.771. The minimum atomic E-state index is -1.18. The molecule has 0 aliphatic rings. The molecule has 0 aliphatic heterocycles. The van der Waals surface area contributed by atoms with Crippen LogP contribution in [-0.4, -0.2) is 5.78 Å². The summed E-state index contributed by atoms with van der Waals surface area (Å²) in [4.78, 5) is 13.1. The average molecular weight is 270 g/mol. The van der Waals surface area contributed by atoms with E-state index in [0.717, 1.165) is 11.3 Å². The third-order valence-electron chi connectivity index (χ3n) is 2.47. The first-order valence-electron chi connectivity index (χ1n) is 5.31. The van der Waals surface area contributed by atoms with Crippen molar-refractivity contribution in [3.8, 4) is 0 Å². The molecule has 0 N–H and O–H groups in total. The SMILES string of the molecule is CCc1ccc(C(=O)c2c(F)cc(F)cc2F)s1. The zero-order valence-corrected chi connectivity index (χ0v) is 10.3. The number of hydrogen-bond donors (Lipinski definition) is 0. The zero-order chi connectivity index (χ0) is 13.3. The molecule has 1 aromatic heterocycles. The topological polar surface area (TPSA) is 17.1 Å². The highest BCUT2D eigenvalue weighted by Crippen LogP contribution is 2.24. The number of halogens is 3. The number of carbonyl (C=O) groups is 1. The first-order chi connectivity index (χ1) is 8.52. The Balaban J connectivity index is 2.46. The highest BCUT2D eigenvalue weighted by molar-refractivity contribution is 7.14. The van der Waals surface area contributed by atoms with Gasteiger partial charge < -0.3 is 0 Å². The molecule has 2 aromatic rings. The Morgan fingerprint density at radius 1 is 1.17 bits per heavy atom. The van der Waals surface area contributed by atoms with Crippen LogP contribution in [0.25, 0.3) is 0 Å². The van der Waals surface area contributed by atoms with E-state index >= 15 is 0 Å². The van der Waals surface area contributed by atoms with Crippen LogP contribution in [-0.2, 0) is 6.42 Å². The number of aryl methyl sites for hydroxylation is 1. The maximum Gasteiger partial charge on any atom is 0.208 e. The molecule has 1 aromatic carbocycles. The smallest absolute Gasteiger partial charge is 0.208 e. The predicted octanol–water partition coefficient (Wildman–Crippen LogP) is 3.96. The summed E-state index contributed by atoms with van der Waals surface area (Å²) in [5.41, 5.74) is -0.707. The second-order valence-electron chi connectivity index (χ2n) is 3.69. The Morgan fingerprint density at radius 2 is 1.78 bits per heavy atom. The van der Waals surface area contributed by atoms with Crippen LogP contribution in [0.15, 0.2) is 24.3 Å². The lowest BCUT2D eigenvalue weighted by molar-refractivity contribution is 0.103. The number of benzene rings is 1. The largest absolute Gasteiger partial charge is 0.287 e. The Bertz CT molecular complexity index is 581. The van der Waals surface area contributed by atoms with E-state index in [2.05, 4.69) is 0 Å². The molecule has 2 rings (SSSR count). The summed E-state index contributed by atoms with van der Waals surface area (Å²) in [6.07, 6.45) is 0.742. The Hall–Kier alpha value is -1.62. The average Bonchev–Trinajstić information content (AvgIpc) is 2.75. The van der Waals surface area contributed by atoms with Gasteiger partial charge in [0.05, 0.1) is 10.4 Å². The molecule has 0 saturated carbocycles. The van der Waals surface area contributed by atoms with Crippen molar-refractivity contribution in [3.05, 3.63) is 57.0 Å². The molecule has 0 amide bonds. The van der Waals surface area contributed by atoms with Crippen molar-refractivity contribution in [1.29, 1.82) is 0 Å². The van der Waals surface area contributed by atoms with Gasteiger partial charge in [-0.1, -0.05) is 6.92 Å². The van der Waals surface area contributed by atoms with Crippen molar-refractivity contribution < 1.29 is 18.0 Å². The molecule has 0 saturated heterocycles. The number of rotatable bonds is 3. The molecule has 0 spiro atoms. The van der Waals surface area contributed by atoms with E-state index in [4.69, 9.17) is 0 Å². The van der Waals surface area contributed by atoms with Gasteiger partial charge in [-0.2, -0.15) is 0 Å². The maximum absolute atomic E-state index is 13.4. The molecule has 1 nitrogen and oxygen atoms in total. The van der Waals surface area contributed by atoms with Crippen molar-refractivity contribution in [2.24, 2.45) is 0 Å². The predicted molar refractivity (Wildman–Crippen MR) is 63.4 cm³/mol. The molecule has 0 bridgehead atoms. The molecule has 5 heteroatoms. The van der Waals surface area contributed by atoms with Crippen molar-refractivity contribution in [1.82, 2.24) is 0 Å². The van der Waals surface area contributed by atoms with E-state index in [1.807, 2.05) is 6.92 Å². The standard InChI is InChI=1S/C13H9F3OS/c1-2-8-3-4-11(18-8)13(17)12-9(15)5-7(14)6-10(12)16/h3-6H,2H2,1H3. The van der Waals surface area contributed by atoms with Gasteiger partial charge in [0.1, 0.15) is 17.5 Å². The first-order valence-corrected chi connectivity index (χ1v) is 6.12. The second-order valence-corrected chi connectivity index (χ2v) is 4.86. The van der Waals surface area contributed by atoms with Gasteiger partial charge in [-0.25, -0.2) is 13.2 Å². The highest BCUT2D eigenvalue weighted by atomic mass is 32.1. The van der Waals surface area contributed by atoms with E-state index in [-0.39, 0.29) is 4.88 Å². The van der Waals surface area contributed by atoms with Gasteiger partial charge in [0.2, 0.25) is 5.78 Å². The van der Waals surface area contributed by atoms with Gasteiger partial charge in [-0.3, -0.25) is 4.79 Å². The fourth-order valence-corrected chi connectivity index (χ4v) is 2.47. The van der Waals surface area contributed by atoms with Gasteiger partial charge in [0.25, 0.3) is 0 Å². The number of hydrogen-bond acceptors (Lipinski definition) is 2. The van der Waals surface area contributed by atoms with Gasteiger partial charge >= 0.3 is 0 Å². The number of ketones is 1. The number of carbonyl (C=O) groups excluding carboxylic acids is 1. The lowest BCUT2D eigenvalue weighted by Gasteiger charge is -2.02. The van der Waals surface area contributed by atoms with E-state index in [1.54, 1.807) is 6.07 Å². The van der Waals surface area contributed by atoms with Crippen molar-refractivity contribution in [2.45, 2.75) is 13.3 Å². The Labute approximate surface area is 106 Å². The summed E-state index contributed by atoms with van der Waals surface area (Å²) in [5.74, 6) is -4.15. The Kier molecular flexibility index (Phi) is 3.52.